The normalized spacial score (nSPS) is 23.4. The second kappa shape index (κ2) is 4.85. The Hall–Kier alpha value is -0.760. The van der Waals surface area contributed by atoms with Crippen molar-refractivity contribution in [2.24, 2.45) is 5.41 Å². The molecule has 0 radical (unpaired) electrons. The lowest BCUT2D eigenvalue weighted by atomic mass is 9.75. The average molecular weight is 256 g/mol. The van der Waals surface area contributed by atoms with E-state index in [9.17, 15) is 4.39 Å². The van der Waals surface area contributed by atoms with E-state index >= 15 is 0 Å². The summed E-state index contributed by atoms with van der Waals surface area (Å²) in [6, 6.07) is 5.36. The molecule has 0 heterocycles. The molecule has 1 aromatic carbocycles. The Kier molecular flexibility index (Phi) is 3.62. The summed E-state index contributed by atoms with van der Waals surface area (Å²) < 4.78 is 13.3. The van der Waals surface area contributed by atoms with Crippen LogP contribution in [-0.4, -0.2) is 6.04 Å². The van der Waals surface area contributed by atoms with Crippen molar-refractivity contribution in [1.29, 1.82) is 0 Å². The van der Waals surface area contributed by atoms with Crippen molar-refractivity contribution in [3.05, 3.63) is 29.0 Å². The fourth-order valence-corrected chi connectivity index (χ4v) is 2.76. The van der Waals surface area contributed by atoms with E-state index in [-0.39, 0.29) is 10.8 Å². The van der Waals surface area contributed by atoms with E-state index in [2.05, 4.69) is 19.2 Å². The molecule has 0 saturated heterocycles. The number of hydrogen-bond acceptors (Lipinski definition) is 1. The summed E-state index contributed by atoms with van der Waals surface area (Å²) >= 11 is 5.67. The lowest BCUT2D eigenvalue weighted by Gasteiger charge is -2.36. The molecule has 1 fully saturated rings. The van der Waals surface area contributed by atoms with E-state index in [4.69, 9.17) is 11.6 Å². The van der Waals surface area contributed by atoms with Gasteiger partial charge in [-0.2, -0.15) is 0 Å². The molecule has 1 saturated carbocycles. The van der Waals surface area contributed by atoms with Gasteiger partial charge in [-0.05, 0) is 42.9 Å². The van der Waals surface area contributed by atoms with Crippen molar-refractivity contribution >= 4 is 17.3 Å². The van der Waals surface area contributed by atoms with Gasteiger partial charge < -0.3 is 5.32 Å². The maximum atomic E-state index is 13.3. The van der Waals surface area contributed by atoms with Crippen molar-refractivity contribution < 1.29 is 4.39 Å². The molecule has 2 rings (SSSR count). The van der Waals surface area contributed by atoms with Crippen molar-refractivity contribution in [3.8, 4) is 0 Å². The second-order valence-electron chi connectivity index (χ2n) is 5.73. The van der Waals surface area contributed by atoms with Crippen LogP contribution in [0.5, 0.6) is 0 Å². The third kappa shape index (κ3) is 3.35. The van der Waals surface area contributed by atoms with Gasteiger partial charge in [0, 0.05) is 11.7 Å². The van der Waals surface area contributed by atoms with Crippen molar-refractivity contribution in [2.75, 3.05) is 5.32 Å². The lowest BCUT2D eigenvalue weighted by Crippen LogP contribution is -2.31. The Morgan fingerprint density at radius 1 is 1.41 bits per heavy atom. The van der Waals surface area contributed by atoms with E-state index in [0.717, 1.165) is 18.5 Å². The topological polar surface area (TPSA) is 12.0 Å². The minimum absolute atomic E-state index is 0.180. The molecule has 3 heteroatoms. The summed E-state index contributed by atoms with van der Waals surface area (Å²) in [5, 5.41) is 3.59. The maximum absolute atomic E-state index is 13.3. The standard InChI is InChI=1S/C14H19ClFN/c1-14(2)7-3-4-11(9-14)17-10-5-6-12(15)13(16)8-10/h5-6,8,11,17H,3-4,7,9H2,1-2H3. The van der Waals surface area contributed by atoms with Crippen LogP contribution in [0.25, 0.3) is 0 Å². The van der Waals surface area contributed by atoms with E-state index in [0.29, 0.717) is 11.5 Å². The van der Waals surface area contributed by atoms with Gasteiger partial charge in [-0.25, -0.2) is 4.39 Å². The van der Waals surface area contributed by atoms with Crippen LogP contribution in [0.2, 0.25) is 5.02 Å². The average Bonchev–Trinajstić information content (AvgIpc) is 2.22. The van der Waals surface area contributed by atoms with E-state index in [1.807, 2.05) is 6.07 Å². The molecule has 0 aromatic heterocycles. The van der Waals surface area contributed by atoms with Gasteiger partial charge in [0.25, 0.3) is 0 Å². The fraction of sp³-hybridized carbons (Fsp3) is 0.571. The molecule has 1 atom stereocenters. The van der Waals surface area contributed by atoms with Gasteiger partial charge in [0.1, 0.15) is 5.82 Å². The van der Waals surface area contributed by atoms with Crippen LogP contribution in [0, 0.1) is 11.2 Å². The molecule has 1 N–H and O–H groups in total. The minimum atomic E-state index is -0.355. The summed E-state index contributed by atoms with van der Waals surface area (Å²) in [6.45, 7) is 4.59. The quantitative estimate of drug-likeness (QED) is 0.796. The first-order valence-corrected chi connectivity index (χ1v) is 6.56. The van der Waals surface area contributed by atoms with Crippen molar-refractivity contribution in [2.45, 2.75) is 45.6 Å². The number of halogens is 2. The predicted octanol–water partition coefficient (Wildman–Crippen LogP) is 4.86. The molecular formula is C14H19ClFN. The van der Waals surface area contributed by atoms with E-state index < -0.39 is 0 Å². The highest BCUT2D eigenvalue weighted by molar-refractivity contribution is 6.30. The Labute approximate surface area is 107 Å². The van der Waals surface area contributed by atoms with Gasteiger partial charge in [0.15, 0.2) is 0 Å². The number of anilines is 1. The molecule has 0 spiro atoms. The molecule has 1 aliphatic rings. The largest absolute Gasteiger partial charge is 0.382 e. The maximum Gasteiger partial charge on any atom is 0.143 e. The zero-order valence-corrected chi connectivity index (χ0v) is 11.1. The monoisotopic (exact) mass is 255 g/mol. The van der Waals surface area contributed by atoms with E-state index in [1.165, 1.54) is 18.9 Å². The number of benzene rings is 1. The van der Waals surface area contributed by atoms with Gasteiger partial charge >= 0.3 is 0 Å². The highest BCUT2D eigenvalue weighted by atomic mass is 35.5. The molecule has 17 heavy (non-hydrogen) atoms. The van der Waals surface area contributed by atoms with Crippen LogP contribution in [0.1, 0.15) is 39.5 Å². The van der Waals surface area contributed by atoms with Crippen LogP contribution in [0.3, 0.4) is 0 Å². The number of nitrogens with one attached hydrogen (secondary N) is 1. The molecule has 1 aliphatic carbocycles. The molecule has 0 bridgehead atoms. The zero-order valence-electron chi connectivity index (χ0n) is 10.4. The van der Waals surface area contributed by atoms with E-state index in [1.54, 1.807) is 6.07 Å². The summed E-state index contributed by atoms with van der Waals surface area (Å²) in [4.78, 5) is 0. The van der Waals surface area contributed by atoms with Crippen LogP contribution in [0.15, 0.2) is 18.2 Å². The molecule has 0 aliphatic heterocycles. The first-order valence-electron chi connectivity index (χ1n) is 6.18. The second-order valence-corrected chi connectivity index (χ2v) is 6.14. The molecule has 1 unspecified atom stereocenters. The summed E-state index contributed by atoms with van der Waals surface area (Å²) in [7, 11) is 0. The SMILES string of the molecule is CC1(C)CCCC(Nc2ccc(Cl)c(F)c2)C1. The molecule has 1 aromatic rings. The molecule has 1 nitrogen and oxygen atoms in total. The van der Waals surface area contributed by atoms with Gasteiger partial charge in [-0.1, -0.05) is 31.9 Å². The van der Waals surface area contributed by atoms with Crippen LogP contribution < -0.4 is 5.32 Å². The molecule has 94 valence electrons. The van der Waals surface area contributed by atoms with Gasteiger partial charge in [0.05, 0.1) is 5.02 Å². The Bertz CT molecular complexity index is 403. The number of hydrogen-bond donors (Lipinski definition) is 1. The van der Waals surface area contributed by atoms with Crippen LogP contribution in [-0.2, 0) is 0 Å². The predicted molar refractivity (Wildman–Crippen MR) is 71.1 cm³/mol. The van der Waals surface area contributed by atoms with Crippen molar-refractivity contribution in [1.82, 2.24) is 0 Å². The van der Waals surface area contributed by atoms with Crippen molar-refractivity contribution in [3.63, 3.8) is 0 Å². The number of rotatable bonds is 2. The highest BCUT2D eigenvalue weighted by Crippen LogP contribution is 2.36. The van der Waals surface area contributed by atoms with Crippen LogP contribution >= 0.6 is 11.6 Å². The van der Waals surface area contributed by atoms with Gasteiger partial charge in [0.2, 0.25) is 0 Å². The molecule has 0 amide bonds. The first-order chi connectivity index (χ1) is 7.96. The van der Waals surface area contributed by atoms with Gasteiger partial charge in [-0.3, -0.25) is 0 Å². The Morgan fingerprint density at radius 3 is 2.82 bits per heavy atom. The first kappa shape index (κ1) is 12.7. The Morgan fingerprint density at radius 2 is 2.18 bits per heavy atom. The van der Waals surface area contributed by atoms with Crippen LogP contribution in [0.4, 0.5) is 10.1 Å². The minimum Gasteiger partial charge on any atom is -0.382 e. The lowest BCUT2D eigenvalue weighted by molar-refractivity contribution is 0.229. The van der Waals surface area contributed by atoms with Gasteiger partial charge in [-0.15, -0.1) is 0 Å². The summed E-state index contributed by atoms with van der Waals surface area (Å²) in [5.74, 6) is -0.355. The fourth-order valence-electron chi connectivity index (χ4n) is 2.64. The smallest absolute Gasteiger partial charge is 0.143 e. The highest BCUT2D eigenvalue weighted by Gasteiger charge is 2.27. The summed E-state index contributed by atoms with van der Waals surface area (Å²) in [6.07, 6.45) is 4.81. The third-order valence-corrected chi connectivity index (χ3v) is 3.80. The third-order valence-electron chi connectivity index (χ3n) is 3.50. The summed E-state index contributed by atoms with van der Waals surface area (Å²) in [5.41, 5.74) is 1.22. The zero-order chi connectivity index (χ0) is 12.5. The molecular weight excluding hydrogens is 237 g/mol. The Balaban J connectivity index is 2.03.